The van der Waals surface area contributed by atoms with Crippen LogP contribution in [0.2, 0.25) is 0 Å². The van der Waals surface area contributed by atoms with E-state index >= 15 is 0 Å². The summed E-state index contributed by atoms with van der Waals surface area (Å²) in [6.45, 7) is 5.78. The Kier molecular flexibility index (Phi) is 4.94. The summed E-state index contributed by atoms with van der Waals surface area (Å²) in [5.74, 6) is -0.863. The molecule has 1 N–H and O–H groups in total. The van der Waals surface area contributed by atoms with E-state index in [1.807, 2.05) is 20.8 Å². The number of rotatable bonds is 6. The van der Waals surface area contributed by atoms with Gasteiger partial charge in [0.05, 0.1) is 11.8 Å². The summed E-state index contributed by atoms with van der Waals surface area (Å²) in [6, 6.07) is 3.53. The first kappa shape index (κ1) is 13.5. The third-order valence-corrected chi connectivity index (χ3v) is 2.37. The van der Waals surface area contributed by atoms with Crippen molar-refractivity contribution in [1.82, 2.24) is 4.98 Å². The molecule has 17 heavy (non-hydrogen) atoms. The van der Waals surface area contributed by atoms with Gasteiger partial charge in [0.1, 0.15) is 11.7 Å². The summed E-state index contributed by atoms with van der Waals surface area (Å²) in [7, 11) is 0. The van der Waals surface area contributed by atoms with Gasteiger partial charge in [-0.05, 0) is 32.4 Å². The van der Waals surface area contributed by atoms with Crippen molar-refractivity contribution < 1.29 is 14.6 Å². The Balaban J connectivity index is 3.04. The van der Waals surface area contributed by atoms with Crippen molar-refractivity contribution in [3.8, 4) is 5.75 Å². The minimum absolute atomic E-state index is 0.00835. The largest absolute Gasteiger partial charge is 0.489 e. The second-order valence-corrected chi connectivity index (χ2v) is 4.23. The van der Waals surface area contributed by atoms with Gasteiger partial charge in [0, 0.05) is 6.20 Å². The summed E-state index contributed by atoms with van der Waals surface area (Å²) >= 11 is 0. The maximum atomic E-state index is 11.2. The van der Waals surface area contributed by atoms with Gasteiger partial charge in [-0.2, -0.15) is 0 Å². The van der Waals surface area contributed by atoms with Crippen molar-refractivity contribution in [2.45, 2.75) is 45.6 Å². The molecule has 1 heterocycles. The van der Waals surface area contributed by atoms with Crippen molar-refractivity contribution in [3.63, 3.8) is 0 Å². The molecule has 0 bridgehead atoms. The molecule has 94 valence electrons. The average Bonchev–Trinajstić information content (AvgIpc) is 2.26. The molecule has 1 rings (SSSR count). The van der Waals surface area contributed by atoms with Crippen LogP contribution in [0.1, 0.15) is 45.2 Å². The van der Waals surface area contributed by atoms with E-state index in [4.69, 9.17) is 4.74 Å². The fraction of sp³-hybridized carbons (Fsp3) is 0.538. The summed E-state index contributed by atoms with van der Waals surface area (Å²) < 4.78 is 5.60. The van der Waals surface area contributed by atoms with Crippen LogP contribution in [0.3, 0.4) is 0 Å². The highest BCUT2D eigenvalue weighted by Crippen LogP contribution is 2.28. The summed E-state index contributed by atoms with van der Waals surface area (Å²) in [6.07, 6.45) is 2.98. The van der Waals surface area contributed by atoms with Crippen LogP contribution < -0.4 is 4.74 Å². The molecule has 0 aromatic carbocycles. The van der Waals surface area contributed by atoms with Crippen LogP contribution in [0.5, 0.6) is 5.75 Å². The van der Waals surface area contributed by atoms with E-state index in [1.165, 1.54) is 0 Å². The van der Waals surface area contributed by atoms with E-state index in [2.05, 4.69) is 4.98 Å². The molecular weight excluding hydrogens is 218 g/mol. The lowest BCUT2D eigenvalue weighted by Crippen LogP contribution is -2.16. The van der Waals surface area contributed by atoms with Crippen molar-refractivity contribution in [1.29, 1.82) is 0 Å². The van der Waals surface area contributed by atoms with E-state index in [9.17, 15) is 9.90 Å². The average molecular weight is 237 g/mol. The first-order valence-corrected chi connectivity index (χ1v) is 5.90. The standard InChI is InChI=1S/C13H19NO3/c1-4-6-10(13(15)16)12-11(17-9(2)3)7-5-8-14-12/h5,7-10H,4,6H2,1-3H3,(H,15,16). The summed E-state index contributed by atoms with van der Waals surface area (Å²) in [5.41, 5.74) is 0.524. The molecule has 0 spiro atoms. The van der Waals surface area contributed by atoms with Crippen molar-refractivity contribution >= 4 is 5.97 Å². The molecule has 0 aliphatic carbocycles. The van der Waals surface area contributed by atoms with Crippen molar-refractivity contribution in [3.05, 3.63) is 24.0 Å². The smallest absolute Gasteiger partial charge is 0.312 e. The molecule has 0 radical (unpaired) electrons. The lowest BCUT2D eigenvalue weighted by Gasteiger charge is -2.17. The van der Waals surface area contributed by atoms with E-state index in [1.54, 1.807) is 18.3 Å². The maximum absolute atomic E-state index is 11.2. The topological polar surface area (TPSA) is 59.4 Å². The third-order valence-electron chi connectivity index (χ3n) is 2.37. The van der Waals surface area contributed by atoms with E-state index in [0.29, 0.717) is 17.9 Å². The van der Waals surface area contributed by atoms with Crippen LogP contribution in [0.15, 0.2) is 18.3 Å². The monoisotopic (exact) mass is 237 g/mol. The lowest BCUT2D eigenvalue weighted by molar-refractivity contribution is -0.139. The number of nitrogens with zero attached hydrogens (tertiary/aromatic N) is 1. The van der Waals surface area contributed by atoms with Gasteiger partial charge in [-0.15, -0.1) is 0 Å². The number of carbonyl (C=O) groups is 1. The van der Waals surface area contributed by atoms with Gasteiger partial charge in [0.2, 0.25) is 0 Å². The zero-order valence-electron chi connectivity index (χ0n) is 10.5. The van der Waals surface area contributed by atoms with Crippen LogP contribution in [0, 0.1) is 0 Å². The minimum atomic E-state index is -0.848. The fourth-order valence-electron chi connectivity index (χ4n) is 1.68. The van der Waals surface area contributed by atoms with Gasteiger partial charge in [-0.1, -0.05) is 13.3 Å². The second-order valence-electron chi connectivity index (χ2n) is 4.23. The SMILES string of the molecule is CCCC(C(=O)O)c1ncccc1OC(C)C. The molecule has 1 aromatic heterocycles. The Morgan fingerprint density at radius 1 is 1.53 bits per heavy atom. The van der Waals surface area contributed by atoms with Gasteiger partial charge in [-0.25, -0.2) is 0 Å². The Labute approximate surface area is 102 Å². The van der Waals surface area contributed by atoms with Crippen LogP contribution in [0.25, 0.3) is 0 Å². The second kappa shape index (κ2) is 6.23. The third kappa shape index (κ3) is 3.73. The normalized spacial score (nSPS) is 12.5. The number of carboxylic acid groups (broad SMARTS) is 1. The number of pyridine rings is 1. The first-order valence-electron chi connectivity index (χ1n) is 5.90. The Bertz CT molecular complexity index is 377. The minimum Gasteiger partial charge on any atom is -0.489 e. The summed E-state index contributed by atoms with van der Waals surface area (Å²) in [4.78, 5) is 15.4. The molecule has 0 fully saturated rings. The molecule has 0 aliphatic rings. The fourth-order valence-corrected chi connectivity index (χ4v) is 1.68. The molecule has 1 aromatic rings. The van der Waals surface area contributed by atoms with E-state index in [-0.39, 0.29) is 6.10 Å². The molecule has 1 atom stereocenters. The van der Waals surface area contributed by atoms with Crippen molar-refractivity contribution in [2.24, 2.45) is 0 Å². The number of hydrogen-bond donors (Lipinski definition) is 1. The Morgan fingerprint density at radius 2 is 2.24 bits per heavy atom. The van der Waals surface area contributed by atoms with Gasteiger partial charge in [0.15, 0.2) is 0 Å². The maximum Gasteiger partial charge on any atom is 0.312 e. The molecule has 4 heteroatoms. The Morgan fingerprint density at radius 3 is 2.76 bits per heavy atom. The van der Waals surface area contributed by atoms with Gasteiger partial charge < -0.3 is 9.84 Å². The number of aromatic nitrogens is 1. The van der Waals surface area contributed by atoms with Crippen LogP contribution in [-0.4, -0.2) is 22.2 Å². The molecule has 0 amide bonds. The predicted octanol–water partition coefficient (Wildman–Crippen LogP) is 2.84. The number of aliphatic carboxylic acids is 1. The number of carboxylic acids is 1. The number of hydrogen-bond acceptors (Lipinski definition) is 3. The lowest BCUT2D eigenvalue weighted by atomic mass is 9.98. The highest BCUT2D eigenvalue weighted by molar-refractivity contribution is 5.76. The van der Waals surface area contributed by atoms with Gasteiger partial charge in [-0.3, -0.25) is 9.78 Å². The summed E-state index contributed by atoms with van der Waals surface area (Å²) in [5, 5.41) is 9.22. The zero-order valence-corrected chi connectivity index (χ0v) is 10.5. The first-order chi connectivity index (χ1) is 8.06. The van der Waals surface area contributed by atoms with Crippen LogP contribution in [0.4, 0.5) is 0 Å². The molecule has 1 unspecified atom stereocenters. The molecule has 0 saturated heterocycles. The number of ether oxygens (including phenoxy) is 1. The van der Waals surface area contributed by atoms with Gasteiger partial charge in [0.25, 0.3) is 0 Å². The quantitative estimate of drug-likeness (QED) is 0.826. The highest BCUT2D eigenvalue weighted by Gasteiger charge is 2.24. The molecular formula is C13H19NO3. The molecule has 0 aliphatic heterocycles. The van der Waals surface area contributed by atoms with Crippen LogP contribution in [-0.2, 0) is 4.79 Å². The van der Waals surface area contributed by atoms with E-state index in [0.717, 1.165) is 6.42 Å². The van der Waals surface area contributed by atoms with Gasteiger partial charge >= 0.3 is 5.97 Å². The Hall–Kier alpha value is -1.58. The van der Waals surface area contributed by atoms with E-state index < -0.39 is 11.9 Å². The van der Waals surface area contributed by atoms with Crippen molar-refractivity contribution in [2.75, 3.05) is 0 Å². The molecule has 4 nitrogen and oxygen atoms in total. The van der Waals surface area contributed by atoms with Crippen LogP contribution >= 0.6 is 0 Å². The predicted molar refractivity (Wildman–Crippen MR) is 65.3 cm³/mol. The zero-order chi connectivity index (χ0) is 12.8. The molecule has 0 saturated carbocycles. The highest BCUT2D eigenvalue weighted by atomic mass is 16.5.